The van der Waals surface area contributed by atoms with Gasteiger partial charge in [-0.05, 0) is 76.8 Å². The third kappa shape index (κ3) is 1.98. The summed E-state index contributed by atoms with van der Waals surface area (Å²) >= 11 is 0. The summed E-state index contributed by atoms with van der Waals surface area (Å²) in [4.78, 5) is 0. The zero-order chi connectivity index (χ0) is 18.2. The maximum absolute atomic E-state index is 2.38. The molecule has 0 fully saturated rings. The average molecular weight is 368 g/mol. The van der Waals surface area contributed by atoms with Gasteiger partial charge in [-0.15, -0.1) is 0 Å². The van der Waals surface area contributed by atoms with Gasteiger partial charge in [-0.1, -0.05) is 92.4 Å². The Hall–Kier alpha value is -3.64. The molecule has 0 aliphatic heterocycles. The van der Waals surface area contributed by atoms with Gasteiger partial charge in [0.2, 0.25) is 0 Å². The van der Waals surface area contributed by atoms with Gasteiger partial charge in [-0.2, -0.15) is 0 Å². The van der Waals surface area contributed by atoms with Crippen molar-refractivity contribution in [2.75, 3.05) is 0 Å². The predicted octanol–water partition coefficient (Wildman–Crippen LogP) is 8.68. The maximum Gasteiger partial charge on any atom is -0.00199 e. The molecule has 0 aromatic heterocycles. The third-order valence-corrected chi connectivity index (χ3v) is 6.35. The van der Waals surface area contributed by atoms with E-state index in [1.165, 1.54) is 64.6 Å². The Morgan fingerprint density at radius 2 is 0.655 bits per heavy atom. The lowest BCUT2D eigenvalue weighted by atomic mass is 9.86. The summed E-state index contributed by atoms with van der Waals surface area (Å²) in [5, 5.41) is 16.2. The highest BCUT2D eigenvalue weighted by Gasteiger charge is 2.15. The van der Waals surface area contributed by atoms with Crippen molar-refractivity contribution in [1.29, 1.82) is 0 Å². The lowest BCUT2D eigenvalue weighted by Crippen LogP contribution is -1.89. The second kappa shape index (κ2) is 5.68. The minimum atomic E-state index is 0. The molecule has 7 aromatic rings. The Morgan fingerprint density at radius 3 is 1.10 bits per heavy atom. The smallest absolute Gasteiger partial charge is 0.00199 e. The fraction of sp³-hybridized carbons (Fsp3) is 0.0345. The molecular formula is C29H20. The van der Waals surface area contributed by atoms with Crippen LogP contribution in [0.15, 0.2) is 97.1 Å². The number of rotatable bonds is 0. The molecule has 7 aromatic carbocycles. The first-order chi connectivity index (χ1) is 13.9. The second-order valence-corrected chi connectivity index (χ2v) is 7.75. The van der Waals surface area contributed by atoms with Gasteiger partial charge >= 0.3 is 0 Å². The largest absolute Gasteiger partial charge is 0.0776 e. The molecule has 0 nitrogen and oxygen atoms in total. The number of benzene rings is 7. The standard InChI is InChI=1S/C28H16.CH4/c1-3-9-19-17(7-1)15-25-23-13-6-12-22-20-10-4-2-8-18(20)16-26(28(22)23)24-14-5-11-21(19)27(24)25;/h1-16H;1H4. The Labute approximate surface area is 169 Å². The van der Waals surface area contributed by atoms with E-state index in [0.29, 0.717) is 0 Å². The van der Waals surface area contributed by atoms with E-state index < -0.39 is 0 Å². The fourth-order valence-corrected chi connectivity index (χ4v) is 5.20. The van der Waals surface area contributed by atoms with Crippen LogP contribution in [0.1, 0.15) is 7.43 Å². The van der Waals surface area contributed by atoms with Crippen molar-refractivity contribution < 1.29 is 0 Å². The summed E-state index contributed by atoms with van der Waals surface area (Å²) in [5.74, 6) is 0. The maximum atomic E-state index is 2.38. The van der Waals surface area contributed by atoms with Crippen molar-refractivity contribution in [3.05, 3.63) is 97.1 Å². The minimum Gasteiger partial charge on any atom is -0.0776 e. The zero-order valence-electron chi connectivity index (χ0n) is 15.2. The molecule has 0 spiro atoms. The van der Waals surface area contributed by atoms with Crippen LogP contribution in [-0.4, -0.2) is 0 Å². The summed E-state index contributed by atoms with van der Waals surface area (Å²) in [7, 11) is 0. The van der Waals surface area contributed by atoms with E-state index in [9.17, 15) is 0 Å². The highest BCUT2D eigenvalue weighted by atomic mass is 14.2. The molecule has 0 N–H and O–H groups in total. The summed E-state index contributed by atoms with van der Waals surface area (Å²) in [5.41, 5.74) is 0. The number of hydrogen-bond donors (Lipinski definition) is 0. The Morgan fingerprint density at radius 1 is 0.310 bits per heavy atom. The molecule has 0 aliphatic rings. The zero-order valence-corrected chi connectivity index (χ0v) is 15.2. The molecule has 0 heterocycles. The first kappa shape index (κ1) is 16.3. The molecule has 0 amide bonds. The van der Waals surface area contributed by atoms with Crippen molar-refractivity contribution in [2.45, 2.75) is 7.43 Å². The van der Waals surface area contributed by atoms with Crippen LogP contribution in [0.3, 0.4) is 0 Å². The van der Waals surface area contributed by atoms with E-state index in [0.717, 1.165) is 0 Å². The summed E-state index contributed by atoms with van der Waals surface area (Å²) in [6.45, 7) is 0. The summed E-state index contributed by atoms with van der Waals surface area (Å²) in [6, 6.07) is 35.8. The summed E-state index contributed by atoms with van der Waals surface area (Å²) < 4.78 is 0. The van der Waals surface area contributed by atoms with Crippen LogP contribution < -0.4 is 0 Å². The Balaban J connectivity index is 0.00000165. The van der Waals surface area contributed by atoms with Crippen LogP contribution in [0.25, 0.3) is 64.6 Å². The lowest BCUT2D eigenvalue weighted by molar-refractivity contribution is 1.79. The van der Waals surface area contributed by atoms with E-state index in [1.807, 2.05) is 0 Å². The van der Waals surface area contributed by atoms with Crippen molar-refractivity contribution in [2.24, 2.45) is 0 Å². The van der Waals surface area contributed by atoms with Crippen molar-refractivity contribution in [1.82, 2.24) is 0 Å². The van der Waals surface area contributed by atoms with Gasteiger partial charge < -0.3 is 0 Å². The van der Waals surface area contributed by atoms with Crippen LogP contribution in [-0.2, 0) is 0 Å². The van der Waals surface area contributed by atoms with Gasteiger partial charge in [0.05, 0.1) is 0 Å². The molecule has 0 saturated heterocycles. The molecule has 0 heteroatoms. The van der Waals surface area contributed by atoms with Gasteiger partial charge in [0.25, 0.3) is 0 Å². The SMILES string of the molecule is C.c1ccc2c(c1)cc1c3cccc4c5ccccc5cc(c5cccc2c51)c43. The highest BCUT2D eigenvalue weighted by molar-refractivity contribution is 6.38. The fourth-order valence-electron chi connectivity index (χ4n) is 5.20. The lowest BCUT2D eigenvalue weighted by Gasteiger charge is -2.17. The van der Waals surface area contributed by atoms with Crippen LogP contribution in [0.4, 0.5) is 0 Å². The van der Waals surface area contributed by atoms with Crippen molar-refractivity contribution in [3.63, 3.8) is 0 Å². The Kier molecular flexibility index (Phi) is 3.20. The molecule has 0 unspecified atom stereocenters. The molecule has 136 valence electrons. The van der Waals surface area contributed by atoms with Crippen molar-refractivity contribution >= 4 is 64.6 Å². The molecule has 0 bridgehead atoms. The molecule has 29 heavy (non-hydrogen) atoms. The van der Waals surface area contributed by atoms with Crippen LogP contribution in [0.2, 0.25) is 0 Å². The van der Waals surface area contributed by atoms with Gasteiger partial charge in [0.15, 0.2) is 0 Å². The van der Waals surface area contributed by atoms with Gasteiger partial charge in [0, 0.05) is 0 Å². The minimum absolute atomic E-state index is 0. The number of hydrogen-bond acceptors (Lipinski definition) is 0. The van der Waals surface area contributed by atoms with E-state index in [4.69, 9.17) is 0 Å². The molecule has 0 radical (unpaired) electrons. The van der Waals surface area contributed by atoms with E-state index >= 15 is 0 Å². The van der Waals surface area contributed by atoms with Crippen LogP contribution >= 0.6 is 0 Å². The monoisotopic (exact) mass is 368 g/mol. The van der Waals surface area contributed by atoms with Crippen LogP contribution in [0, 0.1) is 0 Å². The first-order valence-electron chi connectivity index (χ1n) is 9.80. The topological polar surface area (TPSA) is 0 Å². The molecule has 0 atom stereocenters. The third-order valence-electron chi connectivity index (χ3n) is 6.35. The van der Waals surface area contributed by atoms with E-state index in [-0.39, 0.29) is 7.43 Å². The highest BCUT2D eigenvalue weighted by Crippen LogP contribution is 2.44. The van der Waals surface area contributed by atoms with Gasteiger partial charge in [-0.25, -0.2) is 0 Å². The van der Waals surface area contributed by atoms with Gasteiger partial charge in [-0.3, -0.25) is 0 Å². The molecule has 7 rings (SSSR count). The van der Waals surface area contributed by atoms with Gasteiger partial charge in [0.1, 0.15) is 0 Å². The second-order valence-electron chi connectivity index (χ2n) is 7.75. The van der Waals surface area contributed by atoms with E-state index in [2.05, 4.69) is 97.1 Å². The van der Waals surface area contributed by atoms with E-state index in [1.54, 1.807) is 0 Å². The van der Waals surface area contributed by atoms with Crippen LogP contribution in [0.5, 0.6) is 0 Å². The quantitative estimate of drug-likeness (QED) is 0.185. The molecular weight excluding hydrogens is 348 g/mol. The Bertz CT molecular complexity index is 1570. The average Bonchev–Trinajstić information content (AvgIpc) is 2.77. The normalized spacial score (nSPS) is 11.9. The summed E-state index contributed by atoms with van der Waals surface area (Å²) in [6.07, 6.45) is 0. The molecule has 0 aliphatic carbocycles. The first-order valence-corrected chi connectivity index (χ1v) is 9.80. The number of fused-ring (bicyclic) bond motifs is 6. The molecule has 0 saturated carbocycles. The van der Waals surface area contributed by atoms with Crippen molar-refractivity contribution in [3.8, 4) is 0 Å². The predicted molar refractivity (Wildman–Crippen MR) is 129 cm³/mol.